The number of nitrogens with one attached hydrogen (secondary N) is 5. The lowest BCUT2D eigenvalue weighted by Gasteiger charge is -2.31. The Labute approximate surface area is 327 Å². The van der Waals surface area contributed by atoms with E-state index in [-0.39, 0.29) is 12.3 Å². The average Bonchev–Trinajstić information content (AvgIpc) is 3.15. The molecule has 1 heterocycles. The van der Waals surface area contributed by atoms with Crippen LogP contribution in [0.2, 0.25) is 0 Å². The molecule has 1 aromatic carbocycles. The maximum atomic E-state index is 14.0. The second-order valence-electron chi connectivity index (χ2n) is 14.5. The molecule has 1 unspecified atom stereocenters. The summed E-state index contributed by atoms with van der Waals surface area (Å²) in [6.07, 6.45) is -3.84. The van der Waals surface area contributed by atoms with Crippen LogP contribution < -0.4 is 26.6 Å². The first kappa shape index (κ1) is 47.1. The molecule has 0 aromatic heterocycles. The number of amides is 6. The van der Waals surface area contributed by atoms with E-state index in [4.69, 9.17) is 9.47 Å². The first-order valence-corrected chi connectivity index (χ1v) is 18.7. The lowest BCUT2D eigenvalue weighted by molar-refractivity contribution is -0.160. The summed E-state index contributed by atoms with van der Waals surface area (Å²) in [5.74, 6) is -9.12. The number of carbonyl (C=O) groups excluding carboxylic acids is 8. The highest BCUT2D eigenvalue weighted by atomic mass is 16.6. The van der Waals surface area contributed by atoms with Gasteiger partial charge in [-0.1, -0.05) is 71.4 Å². The van der Waals surface area contributed by atoms with Crippen molar-refractivity contribution < 1.29 is 58.0 Å². The van der Waals surface area contributed by atoms with Crippen LogP contribution in [0.1, 0.15) is 67.4 Å². The van der Waals surface area contributed by atoms with E-state index in [1.54, 1.807) is 58.0 Å². The number of aliphatic hydroxyl groups excluding tert-OH is 2. The number of likely N-dealkylation sites (N-methyl/N-ethyl adjacent to an activating group) is 1. The normalized spacial score (nSPS) is 25.8. The third kappa shape index (κ3) is 13.6. The Morgan fingerprint density at radius 3 is 2.07 bits per heavy atom. The largest absolute Gasteiger partial charge is 0.463 e. The molecule has 1 aromatic rings. The summed E-state index contributed by atoms with van der Waals surface area (Å²) in [4.78, 5) is 109. The van der Waals surface area contributed by atoms with Crippen molar-refractivity contribution in [2.45, 2.75) is 117 Å². The van der Waals surface area contributed by atoms with Gasteiger partial charge in [-0.25, -0.2) is 4.79 Å². The Morgan fingerprint density at radius 1 is 0.911 bits per heavy atom. The molecular weight excluding hydrogens is 732 g/mol. The van der Waals surface area contributed by atoms with Crippen molar-refractivity contribution >= 4 is 47.4 Å². The first-order valence-electron chi connectivity index (χ1n) is 18.7. The lowest BCUT2D eigenvalue weighted by atomic mass is 9.93. The third-order valence-corrected chi connectivity index (χ3v) is 9.72. The Morgan fingerprint density at radius 2 is 1.52 bits per heavy atom. The Balaban J connectivity index is 2.70. The standard InChI is InChI=1S/C38H58N6O12/c1-10-20(4)29-35(51)39-17-28(47)44(9)27(16-25-14-12-11-13-15-25)34(50)42-30(22(6)45)36(52)40-26(18-55-24(8)46)38(54)56-23(7)31(37(53)41-29)43-33(49)21(5)32(48)19(2)3/h11-15,19-23,26-27,29-32,45,48H,10,16-18H2,1-9H3,(H,39,51)(H,40,52)(H,41,53)(H,42,50)(H,43,49)/t20-,21+,22+,23+,26-,27-,29?,30+,31-,32+/m0/s1. The fourth-order valence-electron chi connectivity index (χ4n) is 5.79. The number of esters is 2. The van der Waals surface area contributed by atoms with Gasteiger partial charge >= 0.3 is 11.9 Å². The number of nitrogens with zero attached hydrogens (tertiary/aromatic N) is 1. The zero-order chi connectivity index (χ0) is 42.4. The maximum absolute atomic E-state index is 14.0. The summed E-state index contributed by atoms with van der Waals surface area (Å²) in [5, 5.41) is 33.6. The van der Waals surface area contributed by atoms with E-state index in [1.807, 2.05) is 0 Å². The summed E-state index contributed by atoms with van der Waals surface area (Å²) in [6.45, 7) is 10.4. The maximum Gasteiger partial charge on any atom is 0.332 e. The summed E-state index contributed by atoms with van der Waals surface area (Å²) < 4.78 is 10.6. The number of aliphatic hydroxyl groups is 2. The fourth-order valence-corrected chi connectivity index (χ4v) is 5.79. The highest BCUT2D eigenvalue weighted by Crippen LogP contribution is 2.16. The van der Waals surface area contributed by atoms with Crippen molar-refractivity contribution in [1.29, 1.82) is 0 Å². The lowest BCUT2D eigenvalue weighted by Crippen LogP contribution is -2.61. The van der Waals surface area contributed by atoms with Gasteiger partial charge in [0.05, 0.1) is 24.7 Å². The molecule has 18 heteroatoms. The SMILES string of the molecule is CC[C@H](C)C1NC(=O)[C@@H](NC(=O)[C@H](C)[C@H](O)C(C)C)[C@@H](C)OC(=O)[C@H](COC(C)=O)NC(=O)[C@@H]([C@@H](C)O)NC(=O)[C@H](Cc2ccccc2)N(C)C(=O)CNC1=O. The second kappa shape index (κ2) is 21.8. The van der Waals surface area contributed by atoms with E-state index in [0.29, 0.717) is 12.0 Å². The van der Waals surface area contributed by atoms with Crippen LogP contribution in [-0.2, 0) is 54.3 Å². The van der Waals surface area contributed by atoms with Gasteiger partial charge in [-0.3, -0.25) is 33.6 Å². The smallest absolute Gasteiger partial charge is 0.332 e. The summed E-state index contributed by atoms with van der Waals surface area (Å²) >= 11 is 0. The Hall–Kier alpha value is -5.10. The Kier molecular flexibility index (Phi) is 18.4. The number of hydrogen-bond acceptors (Lipinski definition) is 12. The summed E-state index contributed by atoms with van der Waals surface area (Å²) in [7, 11) is 1.33. The predicted molar refractivity (Wildman–Crippen MR) is 201 cm³/mol. The minimum Gasteiger partial charge on any atom is -0.463 e. The molecule has 18 nitrogen and oxygen atoms in total. The molecule has 1 aliphatic heterocycles. The molecule has 10 atom stereocenters. The predicted octanol–water partition coefficient (Wildman–Crippen LogP) is -1.30. The fraction of sp³-hybridized carbons (Fsp3) is 0.632. The van der Waals surface area contributed by atoms with Gasteiger partial charge in [0.25, 0.3) is 0 Å². The summed E-state index contributed by atoms with van der Waals surface area (Å²) in [6, 6.07) is 0.975. The van der Waals surface area contributed by atoms with Crippen LogP contribution in [0.3, 0.4) is 0 Å². The van der Waals surface area contributed by atoms with E-state index < -0.39 is 121 Å². The molecule has 7 N–H and O–H groups in total. The second-order valence-corrected chi connectivity index (χ2v) is 14.5. The van der Waals surface area contributed by atoms with E-state index in [0.717, 1.165) is 11.8 Å². The molecule has 1 saturated heterocycles. The third-order valence-electron chi connectivity index (χ3n) is 9.72. The van der Waals surface area contributed by atoms with Crippen LogP contribution >= 0.6 is 0 Å². The highest BCUT2D eigenvalue weighted by Gasteiger charge is 2.40. The van der Waals surface area contributed by atoms with Gasteiger partial charge in [0.15, 0.2) is 6.04 Å². The molecule has 1 fully saturated rings. The summed E-state index contributed by atoms with van der Waals surface area (Å²) in [5.41, 5.74) is 0.639. The number of carbonyl (C=O) groups is 8. The van der Waals surface area contributed by atoms with Gasteiger partial charge in [-0.15, -0.1) is 0 Å². The van der Waals surface area contributed by atoms with Crippen molar-refractivity contribution in [3.05, 3.63) is 35.9 Å². The van der Waals surface area contributed by atoms with Crippen LogP contribution in [0.4, 0.5) is 0 Å². The van der Waals surface area contributed by atoms with Crippen LogP contribution in [0, 0.1) is 17.8 Å². The molecule has 0 aliphatic carbocycles. The van der Waals surface area contributed by atoms with Crippen molar-refractivity contribution in [3.63, 3.8) is 0 Å². The van der Waals surface area contributed by atoms with Crippen molar-refractivity contribution in [2.75, 3.05) is 20.2 Å². The molecule has 0 spiro atoms. The molecular formula is C38H58N6O12. The van der Waals surface area contributed by atoms with Crippen molar-refractivity contribution in [3.8, 4) is 0 Å². The van der Waals surface area contributed by atoms with Crippen molar-refractivity contribution in [1.82, 2.24) is 31.5 Å². The van der Waals surface area contributed by atoms with E-state index in [1.165, 1.54) is 27.8 Å². The minimum atomic E-state index is -1.75. The average molecular weight is 791 g/mol. The Bertz CT molecular complexity index is 1560. The number of hydrogen-bond donors (Lipinski definition) is 7. The van der Waals surface area contributed by atoms with E-state index in [2.05, 4.69) is 26.6 Å². The van der Waals surface area contributed by atoms with Gasteiger partial charge in [-0.2, -0.15) is 0 Å². The molecule has 2 rings (SSSR count). The molecule has 312 valence electrons. The topological polar surface area (TPSA) is 259 Å². The molecule has 56 heavy (non-hydrogen) atoms. The zero-order valence-electron chi connectivity index (χ0n) is 33.5. The van der Waals surface area contributed by atoms with Crippen LogP contribution in [0.5, 0.6) is 0 Å². The zero-order valence-corrected chi connectivity index (χ0v) is 33.5. The molecule has 1 aliphatic rings. The monoisotopic (exact) mass is 790 g/mol. The molecule has 0 radical (unpaired) electrons. The minimum absolute atomic E-state index is 0.0399. The van der Waals surface area contributed by atoms with Gasteiger partial charge in [0.2, 0.25) is 35.4 Å². The highest BCUT2D eigenvalue weighted by molar-refractivity contribution is 5.97. The van der Waals surface area contributed by atoms with Gasteiger partial charge in [0.1, 0.15) is 36.9 Å². The van der Waals surface area contributed by atoms with Gasteiger partial charge < -0.3 is 51.2 Å². The van der Waals surface area contributed by atoms with Crippen molar-refractivity contribution in [2.24, 2.45) is 17.8 Å². The van der Waals surface area contributed by atoms with E-state index >= 15 is 0 Å². The van der Waals surface area contributed by atoms with Gasteiger partial charge in [-0.05, 0) is 31.2 Å². The van der Waals surface area contributed by atoms with Crippen LogP contribution in [0.15, 0.2) is 30.3 Å². The molecule has 6 amide bonds. The first-order chi connectivity index (χ1) is 26.2. The quantitative estimate of drug-likeness (QED) is 0.129. The molecule has 0 bridgehead atoms. The van der Waals surface area contributed by atoms with E-state index in [9.17, 15) is 48.6 Å². The number of benzene rings is 1. The number of ether oxygens (including phenoxy) is 2. The number of cyclic esters (lactones) is 1. The van der Waals surface area contributed by atoms with Gasteiger partial charge in [0, 0.05) is 20.4 Å². The van der Waals surface area contributed by atoms with Crippen LogP contribution in [0.25, 0.3) is 0 Å². The number of rotatable bonds is 11. The molecule has 0 saturated carbocycles. The van der Waals surface area contributed by atoms with Crippen LogP contribution in [-0.4, -0.2) is 131 Å².